The summed E-state index contributed by atoms with van der Waals surface area (Å²) in [7, 11) is 0. The number of hydrazone groups is 2. The van der Waals surface area contributed by atoms with E-state index in [1.807, 2.05) is 60.7 Å². The van der Waals surface area contributed by atoms with Crippen LogP contribution in [0.1, 0.15) is 33.4 Å². The van der Waals surface area contributed by atoms with Gasteiger partial charge in [-0.1, -0.05) is 72.8 Å². The predicted octanol–water partition coefficient (Wildman–Crippen LogP) is 9.22. The molecule has 0 atom stereocenters. The Bertz CT molecular complexity index is 2380. The Kier molecular flexibility index (Phi) is 13.5. The molecular weight excluding hydrogens is 753 g/mol. The molecule has 6 rings (SSSR count). The van der Waals surface area contributed by atoms with Crippen molar-refractivity contribution in [3.8, 4) is 11.5 Å². The monoisotopic (exact) mass is 786 g/mol. The number of nitrogens with zero attached hydrogens (tertiary/aromatic N) is 4. The van der Waals surface area contributed by atoms with Gasteiger partial charge in [-0.2, -0.15) is 10.2 Å². The van der Waals surface area contributed by atoms with Crippen LogP contribution < -0.4 is 20.3 Å². The van der Waals surface area contributed by atoms with Crippen LogP contribution in [0.3, 0.4) is 0 Å². The van der Waals surface area contributed by atoms with Gasteiger partial charge in [0.25, 0.3) is 11.4 Å². The summed E-state index contributed by atoms with van der Waals surface area (Å²) in [6.45, 7) is 0. The predicted molar refractivity (Wildman–Crippen MR) is 227 cm³/mol. The lowest BCUT2D eigenvalue weighted by Crippen LogP contribution is -2.07. The first-order valence-corrected chi connectivity index (χ1v) is 17.9. The number of anilines is 2. The van der Waals surface area contributed by atoms with E-state index in [4.69, 9.17) is 9.47 Å². The van der Waals surface area contributed by atoms with Crippen LogP contribution in [-0.4, -0.2) is 34.2 Å². The van der Waals surface area contributed by atoms with E-state index in [1.54, 1.807) is 48.6 Å². The number of ether oxygens (including phenoxy) is 2. The van der Waals surface area contributed by atoms with Gasteiger partial charge in [0.2, 0.25) is 0 Å². The Morgan fingerprint density at radius 1 is 0.542 bits per heavy atom. The quantitative estimate of drug-likeness (QED) is 0.0239. The number of carbonyl (C=O) groups is 2. The molecule has 0 aliphatic rings. The second-order valence-electron chi connectivity index (χ2n) is 12.6. The van der Waals surface area contributed by atoms with Gasteiger partial charge in [0.1, 0.15) is 11.5 Å². The second kappa shape index (κ2) is 19.9. The molecule has 0 unspecified atom stereocenters. The molecule has 0 aromatic heterocycles. The fourth-order valence-corrected chi connectivity index (χ4v) is 5.45. The number of rotatable bonds is 16. The average molecular weight is 787 g/mol. The maximum absolute atomic E-state index is 12.9. The van der Waals surface area contributed by atoms with E-state index in [-0.39, 0.29) is 22.9 Å². The fraction of sp³-hybridized carbons (Fsp3) is 0.0222. The average Bonchev–Trinajstić information content (AvgIpc) is 3.25. The first-order valence-electron chi connectivity index (χ1n) is 17.9. The highest BCUT2D eigenvalue weighted by molar-refractivity contribution is 5.93. The van der Waals surface area contributed by atoms with E-state index in [2.05, 4.69) is 21.1 Å². The zero-order chi connectivity index (χ0) is 41.4. The maximum Gasteiger partial charge on any atom is 0.336 e. The van der Waals surface area contributed by atoms with Gasteiger partial charge >= 0.3 is 11.9 Å². The highest BCUT2D eigenvalue weighted by Crippen LogP contribution is 2.25. The summed E-state index contributed by atoms with van der Waals surface area (Å²) >= 11 is 0. The van der Waals surface area contributed by atoms with Crippen molar-refractivity contribution >= 4 is 59.3 Å². The summed E-state index contributed by atoms with van der Waals surface area (Å²) in [5.74, 6) is -0.729. The van der Waals surface area contributed by atoms with Crippen molar-refractivity contribution in [1.29, 1.82) is 0 Å². The number of benzene rings is 6. The number of hydrogen-bond donors (Lipinski definition) is 2. The standard InChI is InChI=1S/C45H34N6O8/c52-44(25-13-32-7-3-1-4-8-32)58-42-23-11-34(28-36(42)30-46-48-38-15-19-40(20-16-38)50(54)55)27-35-12-24-43(59-45(53)26-14-33-9-5-2-6-10-33)37(29-35)31-47-49-39-17-21-41(22-18-39)51(56)57/h1-26,28-31,48-49H,27H2/b25-13+,26-14+,46-30-,47-31+. The third kappa shape index (κ3) is 12.2. The van der Waals surface area contributed by atoms with Crippen molar-refractivity contribution < 1.29 is 28.9 Å². The molecule has 0 bridgehead atoms. The van der Waals surface area contributed by atoms with Crippen molar-refractivity contribution in [3.05, 3.63) is 211 Å². The molecule has 0 radical (unpaired) electrons. The molecule has 6 aromatic rings. The minimum absolute atomic E-state index is 0.0636. The fourth-order valence-electron chi connectivity index (χ4n) is 5.45. The summed E-state index contributed by atoms with van der Waals surface area (Å²) in [5.41, 5.74) is 10.7. The summed E-state index contributed by atoms with van der Waals surface area (Å²) in [5, 5.41) is 30.7. The number of nitro benzene ring substituents is 2. The molecule has 0 amide bonds. The molecule has 0 saturated carbocycles. The normalized spacial score (nSPS) is 11.3. The molecule has 0 heterocycles. The van der Waals surface area contributed by atoms with E-state index >= 15 is 0 Å². The van der Waals surface area contributed by atoms with Crippen molar-refractivity contribution in [2.75, 3.05) is 10.9 Å². The molecule has 0 aliphatic carbocycles. The van der Waals surface area contributed by atoms with Crippen LogP contribution in [0.4, 0.5) is 22.7 Å². The van der Waals surface area contributed by atoms with Crippen molar-refractivity contribution in [3.63, 3.8) is 0 Å². The van der Waals surface area contributed by atoms with Crippen molar-refractivity contribution in [2.24, 2.45) is 10.2 Å². The highest BCUT2D eigenvalue weighted by Gasteiger charge is 2.12. The molecule has 14 heteroatoms. The number of carbonyl (C=O) groups excluding carboxylic acids is 2. The number of nitrogens with one attached hydrogen (secondary N) is 2. The third-order valence-electron chi connectivity index (χ3n) is 8.35. The van der Waals surface area contributed by atoms with E-state index in [1.165, 1.54) is 73.1 Å². The zero-order valence-corrected chi connectivity index (χ0v) is 31.1. The molecule has 14 nitrogen and oxygen atoms in total. The van der Waals surface area contributed by atoms with Gasteiger partial charge in [0.15, 0.2) is 0 Å². The molecule has 0 fully saturated rings. The number of nitro groups is 2. The van der Waals surface area contributed by atoms with Gasteiger partial charge < -0.3 is 9.47 Å². The van der Waals surface area contributed by atoms with Crippen LogP contribution in [0, 0.1) is 20.2 Å². The van der Waals surface area contributed by atoms with Crippen molar-refractivity contribution in [1.82, 2.24) is 0 Å². The van der Waals surface area contributed by atoms with Gasteiger partial charge in [-0.05, 0) is 89.4 Å². The largest absolute Gasteiger partial charge is 0.423 e. The first-order chi connectivity index (χ1) is 28.7. The molecule has 0 saturated heterocycles. The van der Waals surface area contributed by atoms with Crippen LogP contribution in [-0.2, 0) is 16.0 Å². The number of esters is 2. The Labute approximate surface area is 337 Å². The first kappa shape index (κ1) is 40.2. The molecule has 0 aliphatic heterocycles. The molecule has 292 valence electrons. The van der Waals surface area contributed by atoms with Crippen LogP contribution >= 0.6 is 0 Å². The molecule has 2 N–H and O–H groups in total. The molecular formula is C45H34N6O8. The molecule has 6 aromatic carbocycles. The zero-order valence-electron chi connectivity index (χ0n) is 31.1. The Balaban J connectivity index is 1.25. The Morgan fingerprint density at radius 3 is 1.31 bits per heavy atom. The van der Waals surface area contributed by atoms with Crippen molar-refractivity contribution in [2.45, 2.75) is 6.42 Å². The number of hydrogen-bond acceptors (Lipinski definition) is 12. The smallest absolute Gasteiger partial charge is 0.336 e. The van der Waals surface area contributed by atoms with Gasteiger partial charge in [0.05, 0.1) is 33.7 Å². The summed E-state index contributed by atoms with van der Waals surface area (Å²) < 4.78 is 11.4. The minimum atomic E-state index is -0.602. The third-order valence-corrected chi connectivity index (χ3v) is 8.35. The summed E-state index contributed by atoms with van der Waals surface area (Å²) in [6, 6.07) is 40.6. The molecule has 59 heavy (non-hydrogen) atoms. The SMILES string of the molecule is O=C(/C=C/c1ccccc1)Oc1ccc(Cc2ccc(OC(=O)/C=C/c3ccccc3)c(/C=N/Nc3ccc([N+](=O)[O-])cc3)c2)cc1/C=N\Nc1ccc([N+](=O)[O-])cc1. The van der Waals surface area contributed by atoms with E-state index in [9.17, 15) is 29.8 Å². The van der Waals surface area contributed by atoms with E-state index in [0.29, 0.717) is 28.9 Å². The Morgan fingerprint density at radius 2 is 0.932 bits per heavy atom. The second-order valence-corrected chi connectivity index (χ2v) is 12.6. The lowest BCUT2D eigenvalue weighted by Gasteiger charge is -2.11. The highest BCUT2D eigenvalue weighted by atomic mass is 16.6. The van der Waals surface area contributed by atoms with Gasteiger partial charge in [0, 0.05) is 47.5 Å². The van der Waals surface area contributed by atoms with Crippen LogP contribution in [0.5, 0.6) is 11.5 Å². The summed E-state index contributed by atoms with van der Waals surface area (Å²) in [4.78, 5) is 46.9. The van der Waals surface area contributed by atoms with Crippen LogP contribution in [0.25, 0.3) is 12.2 Å². The van der Waals surface area contributed by atoms with E-state index < -0.39 is 21.8 Å². The van der Waals surface area contributed by atoms with Crippen LogP contribution in [0.2, 0.25) is 0 Å². The lowest BCUT2D eigenvalue weighted by molar-refractivity contribution is -0.385. The Hall–Kier alpha value is -8.52. The molecule has 0 spiro atoms. The van der Waals surface area contributed by atoms with Gasteiger partial charge in [-0.15, -0.1) is 0 Å². The lowest BCUT2D eigenvalue weighted by atomic mass is 10.0. The number of non-ortho nitro benzene ring substituents is 2. The minimum Gasteiger partial charge on any atom is -0.423 e. The van der Waals surface area contributed by atoms with Gasteiger partial charge in [-0.3, -0.25) is 31.1 Å². The van der Waals surface area contributed by atoms with E-state index in [0.717, 1.165) is 22.3 Å². The van der Waals surface area contributed by atoms with Gasteiger partial charge in [-0.25, -0.2) is 9.59 Å². The topological polar surface area (TPSA) is 188 Å². The maximum atomic E-state index is 12.9. The summed E-state index contributed by atoms with van der Waals surface area (Å²) in [6.07, 6.45) is 9.27. The van der Waals surface area contributed by atoms with Crippen LogP contribution in [0.15, 0.2) is 168 Å².